The quantitative estimate of drug-likeness (QED) is 0.563. The van der Waals surface area contributed by atoms with Crippen molar-refractivity contribution in [2.75, 3.05) is 19.7 Å². The molecule has 0 unspecified atom stereocenters. The highest BCUT2D eigenvalue weighted by atomic mass is 16.5. The van der Waals surface area contributed by atoms with E-state index in [0.29, 0.717) is 6.61 Å². The lowest BCUT2D eigenvalue weighted by Gasteiger charge is -2.26. The summed E-state index contributed by atoms with van der Waals surface area (Å²) >= 11 is 0. The molecule has 0 spiro atoms. The fraction of sp³-hybridized carbons (Fsp3) is 0.500. The van der Waals surface area contributed by atoms with Crippen molar-refractivity contribution in [1.82, 2.24) is 4.90 Å². The van der Waals surface area contributed by atoms with Gasteiger partial charge < -0.3 is 14.3 Å². The van der Waals surface area contributed by atoms with E-state index in [0.717, 1.165) is 55.8 Å². The molecule has 4 rings (SSSR count). The summed E-state index contributed by atoms with van der Waals surface area (Å²) in [7, 11) is 0. The second-order valence-electron chi connectivity index (χ2n) is 8.99. The van der Waals surface area contributed by atoms with Crippen LogP contribution in [-0.2, 0) is 11.3 Å². The standard InChI is InChI=1S/C26H33NO3/c1-3-29-24-14-13-21(15-25(24)30-22-11-7-8-12-22)23-17-27(18-26(23,2)19-28)16-20-9-5-4-6-10-20/h4-6,9-10,13-15,19,22-23H,3,7-8,11-12,16-18H2,1-2H3/t23-,26-/m0/s1. The Kier molecular flexibility index (Phi) is 6.43. The molecule has 2 aromatic carbocycles. The lowest BCUT2D eigenvalue weighted by Crippen LogP contribution is -2.28. The fourth-order valence-corrected chi connectivity index (χ4v) is 4.98. The van der Waals surface area contributed by atoms with E-state index in [2.05, 4.69) is 48.2 Å². The molecule has 30 heavy (non-hydrogen) atoms. The van der Waals surface area contributed by atoms with Crippen molar-refractivity contribution < 1.29 is 14.3 Å². The molecule has 0 radical (unpaired) electrons. The molecule has 1 saturated carbocycles. The van der Waals surface area contributed by atoms with E-state index >= 15 is 0 Å². The monoisotopic (exact) mass is 407 g/mol. The Morgan fingerprint density at radius 1 is 1.10 bits per heavy atom. The van der Waals surface area contributed by atoms with Crippen LogP contribution in [0.2, 0.25) is 0 Å². The van der Waals surface area contributed by atoms with Gasteiger partial charge in [0, 0.05) is 31.0 Å². The van der Waals surface area contributed by atoms with Gasteiger partial charge in [0.05, 0.1) is 12.7 Å². The highest BCUT2D eigenvalue weighted by Crippen LogP contribution is 2.44. The third kappa shape index (κ3) is 4.54. The molecular weight excluding hydrogens is 374 g/mol. The Labute approximate surface area is 180 Å². The normalized spacial score (nSPS) is 24.8. The van der Waals surface area contributed by atoms with Crippen LogP contribution in [0.1, 0.15) is 56.6 Å². The van der Waals surface area contributed by atoms with E-state index in [4.69, 9.17) is 9.47 Å². The van der Waals surface area contributed by atoms with Crippen LogP contribution in [0.5, 0.6) is 11.5 Å². The predicted octanol–water partition coefficient (Wildman–Crippen LogP) is 5.21. The molecule has 1 saturated heterocycles. The summed E-state index contributed by atoms with van der Waals surface area (Å²) in [4.78, 5) is 14.6. The van der Waals surface area contributed by atoms with E-state index in [1.165, 1.54) is 18.4 Å². The Morgan fingerprint density at radius 3 is 2.57 bits per heavy atom. The molecule has 4 nitrogen and oxygen atoms in total. The van der Waals surface area contributed by atoms with E-state index in [1.807, 2.05) is 19.1 Å². The maximum absolute atomic E-state index is 12.2. The first kappa shape index (κ1) is 20.9. The van der Waals surface area contributed by atoms with E-state index < -0.39 is 5.41 Å². The van der Waals surface area contributed by atoms with Gasteiger partial charge in [0.1, 0.15) is 6.29 Å². The summed E-state index contributed by atoms with van der Waals surface area (Å²) in [5.41, 5.74) is 2.03. The van der Waals surface area contributed by atoms with Crippen molar-refractivity contribution in [1.29, 1.82) is 0 Å². The molecule has 0 aromatic heterocycles. The number of hydrogen-bond donors (Lipinski definition) is 0. The van der Waals surface area contributed by atoms with Crippen molar-refractivity contribution in [2.24, 2.45) is 5.41 Å². The molecule has 2 atom stereocenters. The average molecular weight is 408 g/mol. The number of nitrogens with zero attached hydrogens (tertiary/aromatic N) is 1. The molecule has 1 aliphatic carbocycles. The van der Waals surface area contributed by atoms with Gasteiger partial charge in [-0.15, -0.1) is 0 Å². The summed E-state index contributed by atoms with van der Waals surface area (Å²) in [5.74, 6) is 1.77. The van der Waals surface area contributed by atoms with Crippen LogP contribution in [0.4, 0.5) is 0 Å². The molecule has 0 bridgehead atoms. The summed E-state index contributed by atoms with van der Waals surface area (Å²) in [5, 5.41) is 0. The molecule has 1 aliphatic heterocycles. The number of carbonyl (C=O) groups is 1. The Balaban J connectivity index is 1.58. The van der Waals surface area contributed by atoms with Crippen LogP contribution < -0.4 is 9.47 Å². The smallest absolute Gasteiger partial charge is 0.161 e. The second-order valence-corrected chi connectivity index (χ2v) is 8.99. The number of rotatable bonds is 8. The molecule has 1 heterocycles. The van der Waals surface area contributed by atoms with E-state index in [1.54, 1.807) is 0 Å². The van der Waals surface area contributed by atoms with Gasteiger partial charge in [-0.3, -0.25) is 4.90 Å². The van der Waals surface area contributed by atoms with Gasteiger partial charge in [-0.05, 0) is 55.9 Å². The summed E-state index contributed by atoms with van der Waals surface area (Å²) in [6, 6.07) is 16.7. The van der Waals surface area contributed by atoms with Crippen LogP contribution in [0.3, 0.4) is 0 Å². The zero-order valence-electron chi connectivity index (χ0n) is 18.2. The number of carbonyl (C=O) groups excluding carboxylic acids is 1. The molecule has 0 N–H and O–H groups in total. The number of likely N-dealkylation sites (tertiary alicyclic amines) is 1. The lowest BCUT2D eigenvalue weighted by atomic mass is 9.77. The average Bonchev–Trinajstić information content (AvgIpc) is 3.38. The Morgan fingerprint density at radius 2 is 1.87 bits per heavy atom. The first-order chi connectivity index (χ1) is 14.6. The first-order valence-corrected chi connectivity index (χ1v) is 11.3. The van der Waals surface area contributed by atoms with Gasteiger partial charge in [-0.1, -0.05) is 43.3 Å². The van der Waals surface area contributed by atoms with Gasteiger partial charge >= 0.3 is 0 Å². The fourth-order valence-electron chi connectivity index (χ4n) is 4.98. The topological polar surface area (TPSA) is 38.8 Å². The predicted molar refractivity (Wildman–Crippen MR) is 119 cm³/mol. The zero-order chi connectivity index (χ0) is 21.0. The van der Waals surface area contributed by atoms with Crippen molar-refractivity contribution in [3.8, 4) is 11.5 Å². The van der Waals surface area contributed by atoms with Gasteiger partial charge in [0.2, 0.25) is 0 Å². The van der Waals surface area contributed by atoms with Crippen LogP contribution in [-0.4, -0.2) is 37.0 Å². The SMILES string of the molecule is CCOc1ccc([C@@H]2CN(Cc3ccccc3)C[C@@]2(C)C=O)cc1OC1CCCC1. The molecular formula is C26H33NO3. The van der Waals surface area contributed by atoms with Crippen LogP contribution in [0.15, 0.2) is 48.5 Å². The molecule has 2 fully saturated rings. The van der Waals surface area contributed by atoms with Crippen LogP contribution in [0, 0.1) is 5.41 Å². The third-order valence-corrected chi connectivity index (χ3v) is 6.59. The van der Waals surface area contributed by atoms with Crippen molar-refractivity contribution in [3.63, 3.8) is 0 Å². The lowest BCUT2D eigenvalue weighted by molar-refractivity contribution is -0.115. The minimum absolute atomic E-state index is 0.139. The molecule has 2 aromatic rings. The maximum Gasteiger partial charge on any atom is 0.161 e. The van der Waals surface area contributed by atoms with Crippen LogP contribution >= 0.6 is 0 Å². The number of ether oxygens (including phenoxy) is 2. The van der Waals surface area contributed by atoms with Crippen molar-refractivity contribution in [2.45, 2.75) is 58.1 Å². The highest BCUT2D eigenvalue weighted by molar-refractivity contribution is 5.63. The number of hydrogen-bond acceptors (Lipinski definition) is 4. The molecule has 4 heteroatoms. The number of aldehydes is 1. The third-order valence-electron chi connectivity index (χ3n) is 6.59. The summed E-state index contributed by atoms with van der Waals surface area (Å²) in [6.07, 6.45) is 6.10. The Hall–Kier alpha value is -2.33. The minimum atomic E-state index is -0.410. The summed E-state index contributed by atoms with van der Waals surface area (Å²) in [6.45, 7) is 7.19. The van der Waals surface area contributed by atoms with E-state index in [-0.39, 0.29) is 12.0 Å². The zero-order valence-corrected chi connectivity index (χ0v) is 18.2. The highest BCUT2D eigenvalue weighted by Gasteiger charge is 2.44. The first-order valence-electron chi connectivity index (χ1n) is 11.3. The molecule has 0 amide bonds. The Bertz CT molecular complexity index is 847. The minimum Gasteiger partial charge on any atom is -0.490 e. The molecule has 2 aliphatic rings. The van der Waals surface area contributed by atoms with Gasteiger partial charge in [-0.25, -0.2) is 0 Å². The van der Waals surface area contributed by atoms with Crippen molar-refractivity contribution >= 4 is 6.29 Å². The van der Waals surface area contributed by atoms with Gasteiger partial charge in [0.25, 0.3) is 0 Å². The van der Waals surface area contributed by atoms with E-state index in [9.17, 15) is 4.79 Å². The number of benzene rings is 2. The van der Waals surface area contributed by atoms with Gasteiger partial charge in [-0.2, -0.15) is 0 Å². The summed E-state index contributed by atoms with van der Waals surface area (Å²) < 4.78 is 12.2. The van der Waals surface area contributed by atoms with Crippen molar-refractivity contribution in [3.05, 3.63) is 59.7 Å². The maximum atomic E-state index is 12.2. The molecule has 160 valence electrons. The van der Waals surface area contributed by atoms with Crippen LogP contribution in [0.25, 0.3) is 0 Å². The largest absolute Gasteiger partial charge is 0.490 e. The van der Waals surface area contributed by atoms with Gasteiger partial charge in [0.15, 0.2) is 11.5 Å². The second kappa shape index (κ2) is 9.22.